The van der Waals surface area contributed by atoms with Gasteiger partial charge in [-0.2, -0.15) is 0 Å². The van der Waals surface area contributed by atoms with Crippen molar-refractivity contribution < 1.29 is 28.7 Å². The Balaban J connectivity index is 1.84. The number of hydrogen-bond acceptors (Lipinski definition) is 6. The third kappa shape index (κ3) is 10.00. The van der Waals surface area contributed by atoms with Crippen LogP contribution >= 0.6 is 0 Å². The summed E-state index contributed by atoms with van der Waals surface area (Å²) in [5.74, 6) is -0.511. The van der Waals surface area contributed by atoms with Gasteiger partial charge in [0.05, 0.1) is 18.2 Å². The van der Waals surface area contributed by atoms with Crippen LogP contribution in [0.5, 0.6) is 5.75 Å². The Labute approximate surface area is 250 Å². The van der Waals surface area contributed by atoms with Crippen molar-refractivity contribution in [3.05, 3.63) is 29.8 Å². The number of amides is 4. The van der Waals surface area contributed by atoms with Crippen LogP contribution in [0, 0.1) is 5.92 Å². The molecule has 0 saturated carbocycles. The molecule has 1 aromatic carbocycles. The highest BCUT2D eigenvalue weighted by molar-refractivity contribution is 6.00. The van der Waals surface area contributed by atoms with Gasteiger partial charge in [-0.25, -0.2) is 0 Å². The molecule has 10 heteroatoms. The van der Waals surface area contributed by atoms with Crippen LogP contribution in [0.1, 0.15) is 89.4 Å². The third-order valence-electron chi connectivity index (χ3n) is 7.76. The van der Waals surface area contributed by atoms with E-state index in [1.165, 1.54) is 0 Å². The molecule has 1 saturated heterocycles. The molecule has 2 atom stereocenters. The molecule has 1 aromatic rings. The van der Waals surface area contributed by atoms with Gasteiger partial charge in [-0.1, -0.05) is 46.2 Å². The van der Waals surface area contributed by atoms with Crippen molar-refractivity contribution in [2.75, 3.05) is 39.4 Å². The highest BCUT2D eigenvalue weighted by Crippen LogP contribution is 2.21. The number of benzene rings is 1. The van der Waals surface area contributed by atoms with E-state index in [4.69, 9.17) is 9.47 Å². The largest absolute Gasteiger partial charge is 0.491 e. The minimum Gasteiger partial charge on any atom is -0.491 e. The van der Waals surface area contributed by atoms with Crippen molar-refractivity contribution in [1.29, 1.82) is 0 Å². The summed E-state index contributed by atoms with van der Waals surface area (Å²) in [6.45, 7) is 11.0. The zero-order valence-electron chi connectivity index (χ0n) is 25.9. The predicted octanol–water partition coefficient (Wildman–Crippen LogP) is 3.53. The summed E-state index contributed by atoms with van der Waals surface area (Å²) in [4.78, 5) is 57.5. The molecule has 10 nitrogen and oxygen atoms in total. The molecule has 2 N–H and O–H groups in total. The van der Waals surface area contributed by atoms with Gasteiger partial charge in [-0.15, -0.1) is 0 Å². The maximum Gasteiger partial charge on any atom is 0.255 e. The first-order valence-corrected chi connectivity index (χ1v) is 15.7. The number of piperidine rings is 1. The number of nitrogens with one attached hydrogen (secondary N) is 2. The van der Waals surface area contributed by atoms with Gasteiger partial charge in [0.25, 0.3) is 5.91 Å². The van der Waals surface area contributed by atoms with Gasteiger partial charge < -0.3 is 29.9 Å². The number of fused-ring (bicyclic) bond motifs is 1. The highest BCUT2D eigenvalue weighted by Gasteiger charge is 2.32. The normalized spacial score (nSPS) is 21.6. The molecular weight excluding hydrogens is 536 g/mol. The van der Waals surface area contributed by atoms with E-state index >= 15 is 0 Å². The lowest BCUT2D eigenvalue weighted by Crippen LogP contribution is -2.52. The first kappa shape index (κ1) is 33.4. The second-order valence-corrected chi connectivity index (χ2v) is 11.7. The predicted molar refractivity (Wildman–Crippen MR) is 161 cm³/mol. The summed E-state index contributed by atoms with van der Waals surface area (Å²) in [5, 5.41) is 5.84. The average molecular weight is 587 g/mol. The molecule has 2 aliphatic rings. The van der Waals surface area contributed by atoms with Gasteiger partial charge in [0.1, 0.15) is 24.4 Å². The van der Waals surface area contributed by atoms with E-state index in [2.05, 4.69) is 24.5 Å². The van der Waals surface area contributed by atoms with Crippen LogP contribution in [0.4, 0.5) is 0 Å². The Morgan fingerprint density at radius 2 is 1.76 bits per heavy atom. The molecule has 0 radical (unpaired) electrons. The Morgan fingerprint density at radius 1 is 1.02 bits per heavy atom. The van der Waals surface area contributed by atoms with Crippen molar-refractivity contribution in [3.8, 4) is 5.75 Å². The number of carbonyl (C=O) groups is 4. The van der Waals surface area contributed by atoms with E-state index in [1.54, 1.807) is 34.1 Å². The molecular formula is C32H50N4O6. The molecule has 4 amide bonds. The molecule has 42 heavy (non-hydrogen) atoms. The summed E-state index contributed by atoms with van der Waals surface area (Å²) < 4.78 is 11.9. The smallest absolute Gasteiger partial charge is 0.255 e. The lowest BCUT2D eigenvalue weighted by atomic mass is 10.0. The lowest BCUT2D eigenvalue weighted by molar-refractivity contribution is -0.138. The standard InChI is InChI=1S/C32H50N4O6/c1-5-7-16-35-19-21-42-28-11-9-8-10-25(28)30(38)34-26(12-13-29(37)33-27(32(35)40)22-23(3)4)31(39)36-17-14-24(15-18-36)41-20-6-2/h8-11,23-24,26-27H,5-7,12-22H2,1-4H3,(H,33,37)(H,34,38)/t26-,27-/m0/s1. The quantitative estimate of drug-likeness (QED) is 0.457. The lowest BCUT2D eigenvalue weighted by Gasteiger charge is -2.34. The van der Waals surface area contributed by atoms with Gasteiger partial charge in [-0.3, -0.25) is 19.2 Å². The SMILES string of the molecule is CCCCN1CCOc2ccccc2C(=O)N[C@H](C(=O)N2CCC(OCCC)CC2)CCC(=O)N[C@@H](CC(C)C)C1=O. The van der Waals surface area contributed by atoms with Crippen LogP contribution < -0.4 is 15.4 Å². The summed E-state index contributed by atoms with van der Waals surface area (Å²) in [7, 11) is 0. The monoisotopic (exact) mass is 586 g/mol. The van der Waals surface area contributed by atoms with E-state index in [-0.39, 0.29) is 49.2 Å². The van der Waals surface area contributed by atoms with Crippen LogP contribution in [0.25, 0.3) is 0 Å². The Morgan fingerprint density at radius 3 is 2.45 bits per heavy atom. The van der Waals surface area contributed by atoms with E-state index in [0.717, 1.165) is 32.1 Å². The average Bonchev–Trinajstić information content (AvgIpc) is 2.98. The maximum atomic E-state index is 13.7. The number of unbranched alkanes of at least 4 members (excludes halogenated alkanes) is 1. The number of rotatable bonds is 9. The number of carbonyl (C=O) groups excluding carboxylic acids is 4. The molecule has 2 heterocycles. The number of nitrogens with zero attached hydrogens (tertiary/aromatic N) is 2. The van der Waals surface area contributed by atoms with Crippen LogP contribution in [0.3, 0.4) is 0 Å². The molecule has 0 aromatic heterocycles. The van der Waals surface area contributed by atoms with Crippen molar-refractivity contribution in [2.45, 2.75) is 97.2 Å². The van der Waals surface area contributed by atoms with Gasteiger partial charge in [0, 0.05) is 32.7 Å². The molecule has 1 fully saturated rings. The Bertz CT molecular complexity index is 1040. The molecule has 234 valence electrons. The van der Waals surface area contributed by atoms with Gasteiger partial charge in [0.15, 0.2) is 0 Å². The van der Waals surface area contributed by atoms with Gasteiger partial charge >= 0.3 is 0 Å². The van der Waals surface area contributed by atoms with E-state index in [9.17, 15) is 19.2 Å². The van der Waals surface area contributed by atoms with Gasteiger partial charge in [-0.05, 0) is 56.6 Å². The van der Waals surface area contributed by atoms with E-state index in [0.29, 0.717) is 50.5 Å². The highest BCUT2D eigenvalue weighted by atomic mass is 16.5. The maximum absolute atomic E-state index is 13.7. The van der Waals surface area contributed by atoms with E-state index in [1.807, 2.05) is 13.8 Å². The summed E-state index contributed by atoms with van der Waals surface area (Å²) in [6, 6.07) is 5.35. The minimum absolute atomic E-state index is 0.00173. The minimum atomic E-state index is -0.894. The van der Waals surface area contributed by atoms with Crippen LogP contribution in [0.15, 0.2) is 24.3 Å². The third-order valence-corrected chi connectivity index (χ3v) is 7.76. The fourth-order valence-corrected chi connectivity index (χ4v) is 5.42. The summed E-state index contributed by atoms with van der Waals surface area (Å²) >= 11 is 0. The Kier molecular flexibility index (Phi) is 13.6. The molecule has 0 aliphatic carbocycles. The van der Waals surface area contributed by atoms with Crippen LogP contribution in [-0.4, -0.2) is 91.0 Å². The molecule has 2 aliphatic heterocycles. The topological polar surface area (TPSA) is 117 Å². The summed E-state index contributed by atoms with van der Waals surface area (Å²) in [5.41, 5.74) is 0.311. The van der Waals surface area contributed by atoms with Crippen LogP contribution in [-0.2, 0) is 19.1 Å². The molecule has 0 spiro atoms. The molecule has 3 rings (SSSR count). The van der Waals surface area contributed by atoms with Gasteiger partial charge in [0.2, 0.25) is 17.7 Å². The zero-order valence-corrected chi connectivity index (χ0v) is 25.9. The Hall–Kier alpha value is -3.14. The van der Waals surface area contributed by atoms with Crippen molar-refractivity contribution in [1.82, 2.24) is 20.4 Å². The van der Waals surface area contributed by atoms with Crippen molar-refractivity contribution >= 4 is 23.6 Å². The fourth-order valence-electron chi connectivity index (χ4n) is 5.42. The summed E-state index contributed by atoms with van der Waals surface area (Å²) in [6.07, 6.45) is 4.92. The number of likely N-dealkylation sites (tertiary alicyclic amines) is 1. The first-order chi connectivity index (χ1) is 20.2. The second kappa shape index (κ2) is 17.1. The zero-order chi connectivity index (χ0) is 30.5. The second-order valence-electron chi connectivity index (χ2n) is 11.7. The first-order valence-electron chi connectivity index (χ1n) is 15.7. The van der Waals surface area contributed by atoms with Crippen LogP contribution in [0.2, 0.25) is 0 Å². The number of ether oxygens (including phenoxy) is 2. The van der Waals surface area contributed by atoms with Crippen molar-refractivity contribution in [2.24, 2.45) is 5.92 Å². The number of hydrogen-bond donors (Lipinski definition) is 2. The molecule has 0 unspecified atom stereocenters. The van der Waals surface area contributed by atoms with Crippen molar-refractivity contribution in [3.63, 3.8) is 0 Å². The van der Waals surface area contributed by atoms with E-state index < -0.39 is 18.0 Å². The fraction of sp³-hybridized carbons (Fsp3) is 0.688. The number of para-hydroxylation sites is 1. The molecule has 0 bridgehead atoms.